The minimum absolute atomic E-state index is 0.330. The number of aliphatic hydroxyl groups excluding tert-OH is 2. The van der Waals surface area contributed by atoms with Crippen molar-refractivity contribution in [3.8, 4) is 0 Å². The summed E-state index contributed by atoms with van der Waals surface area (Å²) < 4.78 is 8.45. The first-order chi connectivity index (χ1) is 10.6. The zero-order chi connectivity index (χ0) is 15.7. The van der Waals surface area contributed by atoms with Crippen LogP contribution in [-0.4, -0.2) is 53.3 Å². The van der Waals surface area contributed by atoms with E-state index in [0.717, 1.165) is 0 Å². The van der Waals surface area contributed by atoms with Crippen LogP contribution in [0.15, 0.2) is 34.5 Å². The van der Waals surface area contributed by atoms with Crippen molar-refractivity contribution in [3.63, 3.8) is 0 Å². The van der Waals surface area contributed by atoms with E-state index in [2.05, 4.69) is 15.1 Å². The molecule has 3 N–H and O–H groups in total. The number of hydrogen-bond donors (Lipinski definition) is 3. The van der Waals surface area contributed by atoms with Gasteiger partial charge in [0.05, 0.1) is 12.6 Å². The lowest BCUT2D eigenvalue weighted by atomic mass is 10.1. The molecule has 0 aliphatic carbocycles. The molecule has 22 heavy (non-hydrogen) atoms. The van der Waals surface area contributed by atoms with E-state index in [-0.39, 0.29) is 0 Å². The van der Waals surface area contributed by atoms with Gasteiger partial charge in [0.2, 0.25) is 0 Å². The van der Waals surface area contributed by atoms with Crippen molar-refractivity contribution in [1.29, 1.82) is 0 Å². The molecule has 0 aromatic carbocycles. The molecule has 1 saturated heterocycles. The molecule has 1 aliphatic heterocycles. The van der Waals surface area contributed by atoms with Crippen LogP contribution in [0.25, 0.3) is 0 Å². The second-order valence-corrected chi connectivity index (χ2v) is 5.00. The van der Waals surface area contributed by atoms with Crippen molar-refractivity contribution in [3.05, 3.63) is 45.8 Å². The lowest BCUT2D eigenvalue weighted by molar-refractivity contribution is -0.0838. The molecule has 10 heteroatoms. The number of aromatic nitrogens is 5. The van der Waals surface area contributed by atoms with E-state index in [9.17, 15) is 14.7 Å². The van der Waals surface area contributed by atoms with Crippen LogP contribution in [0.3, 0.4) is 0 Å². The average Bonchev–Trinajstić information content (AvgIpc) is 3.15. The first-order valence-electron chi connectivity index (χ1n) is 6.70. The van der Waals surface area contributed by atoms with E-state index in [4.69, 9.17) is 9.84 Å². The molecule has 1 fully saturated rings. The molecule has 10 nitrogen and oxygen atoms in total. The minimum Gasteiger partial charge on any atom is -0.394 e. The fourth-order valence-electron chi connectivity index (χ4n) is 2.60. The zero-order valence-electron chi connectivity index (χ0n) is 11.4. The summed E-state index contributed by atoms with van der Waals surface area (Å²) in [6.07, 6.45) is 1.91. The Hall–Kier alpha value is -2.30. The number of aromatic amines is 1. The first-order valence-corrected chi connectivity index (χ1v) is 6.70. The summed E-state index contributed by atoms with van der Waals surface area (Å²) in [4.78, 5) is 29.0. The van der Waals surface area contributed by atoms with Crippen LogP contribution in [0.4, 0.5) is 0 Å². The summed E-state index contributed by atoms with van der Waals surface area (Å²) >= 11 is 0. The zero-order valence-corrected chi connectivity index (χ0v) is 11.4. The summed E-state index contributed by atoms with van der Waals surface area (Å²) in [5.41, 5.74) is -1.10. The molecule has 0 unspecified atom stereocenters. The predicted molar refractivity (Wildman–Crippen MR) is 72.0 cm³/mol. The third-order valence-corrected chi connectivity index (χ3v) is 3.64. The van der Waals surface area contributed by atoms with Crippen molar-refractivity contribution in [2.75, 3.05) is 6.61 Å². The molecule has 0 spiro atoms. The molecule has 0 saturated carbocycles. The van der Waals surface area contributed by atoms with Crippen LogP contribution in [-0.2, 0) is 4.74 Å². The molecule has 3 heterocycles. The van der Waals surface area contributed by atoms with Gasteiger partial charge < -0.3 is 14.9 Å². The Morgan fingerprint density at radius 2 is 2.32 bits per heavy atom. The topological polar surface area (TPSA) is 135 Å². The minimum atomic E-state index is -1.13. The smallest absolute Gasteiger partial charge is 0.330 e. The van der Waals surface area contributed by atoms with Crippen LogP contribution in [0.1, 0.15) is 18.7 Å². The van der Waals surface area contributed by atoms with Gasteiger partial charge in [0.15, 0.2) is 0 Å². The molecular weight excluding hydrogens is 294 g/mol. The van der Waals surface area contributed by atoms with E-state index in [1.807, 2.05) is 0 Å². The normalized spacial score (nSPS) is 26.2. The highest BCUT2D eigenvalue weighted by Gasteiger charge is 2.42. The molecule has 3 rings (SSSR count). The van der Waals surface area contributed by atoms with Crippen LogP contribution < -0.4 is 11.2 Å². The number of H-pyrrole nitrogens is 1. The van der Waals surface area contributed by atoms with Crippen LogP contribution in [0.2, 0.25) is 0 Å². The number of hydrogen-bond acceptors (Lipinski definition) is 7. The van der Waals surface area contributed by atoms with E-state index in [0.29, 0.717) is 6.42 Å². The molecule has 2 aromatic rings. The quantitative estimate of drug-likeness (QED) is 0.595. The lowest BCUT2D eigenvalue weighted by Gasteiger charge is -2.22. The second kappa shape index (κ2) is 5.83. The van der Waals surface area contributed by atoms with Crippen LogP contribution >= 0.6 is 0 Å². The van der Waals surface area contributed by atoms with Gasteiger partial charge in [-0.2, -0.15) is 5.10 Å². The average molecular weight is 309 g/mol. The summed E-state index contributed by atoms with van der Waals surface area (Å²) in [5.74, 6) is 0. The van der Waals surface area contributed by atoms with Gasteiger partial charge in [0.25, 0.3) is 5.56 Å². The van der Waals surface area contributed by atoms with Gasteiger partial charge in [-0.15, -0.1) is 0 Å². The van der Waals surface area contributed by atoms with E-state index < -0.39 is 42.3 Å². The van der Waals surface area contributed by atoms with Crippen molar-refractivity contribution in [2.45, 2.75) is 30.9 Å². The van der Waals surface area contributed by atoms with Gasteiger partial charge in [-0.3, -0.25) is 14.3 Å². The van der Waals surface area contributed by atoms with Gasteiger partial charge in [-0.1, -0.05) is 0 Å². The Morgan fingerprint density at radius 3 is 2.95 bits per heavy atom. The Balaban J connectivity index is 1.92. The number of nitrogens with one attached hydrogen (secondary N) is 1. The standard InChI is InChI=1S/C12H15N5O5/c18-4-8(19)11-7(17-6-13-5-14-17)3-10(22-11)16-2-1-9(20)15-12(16)21/h1-2,5-8,10-11,18-19H,3-4H2,(H,15,20,21)/t7-,8+,10-,11-/m0/s1. The van der Waals surface area contributed by atoms with Gasteiger partial charge >= 0.3 is 5.69 Å². The van der Waals surface area contributed by atoms with E-state index in [1.165, 1.54) is 34.2 Å². The number of aliphatic hydroxyl groups is 2. The highest BCUT2D eigenvalue weighted by atomic mass is 16.5. The Kier molecular flexibility index (Phi) is 3.88. The van der Waals surface area contributed by atoms with Gasteiger partial charge in [-0.05, 0) is 0 Å². The largest absolute Gasteiger partial charge is 0.394 e. The van der Waals surface area contributed by atoms with Crippen LogP contribution in [0, 0.1) is 0 Å². The fraction of sp³-hybridized carbons (Fsp3) is 0.500. The maximum atomic E-state index is 11.8. The monoisotopic (exact) mass is 309 g/mol. The Morgan fingerprint density at radius 1 is 1.50 bits per heavy atom. The van der Waals surface area contributed by atoms with Gasteiger partial charge in [-0.25, -0.2) is 14.5 Å². The molecular formula is C12H15N5O5. The van der Waals surface area contributed by atoms with E-state index >= 15 is 0 Å². The van der Waals surface area contributed by atoms with Crippen molar-refractivity contribution in [2.24, 2.45) is 0 Å². The molecule has 0 amide bonds. The lowest BCUT2D eigenvalue weighted by Crippen LogP contribution is -2.36. The Bertz CT molecular complexity index is 739. The molecule has 1 aliphatic rings. The molecule has 2 aromatic heterocycles. The maximum Gasteiger partial charge on any atom is 0.330 e. The number of nitrogens with zero attached hydrogens (tertiary/aromatic N) is 4. The first kappa shape index (κ1) is 14.6. The summed E-state index contributed by atoms with van der Waals surface area (Å²) in [6, 6.07) is 0.818. The summed E-state index contributed by atoms with van der Waals surface area (Å²) in [7, 11) is 0. The van der Waals surface area contributed by atoms with Gasteiger partial charge in [0, 0.05) is 18.7 Å². The van der Waals surface area contributed by atoms with Crippen molar-refractivity contribution >= 4 is 0 Å². The van der Waals surface area contributed by atoms with E-state index in [1.54, 1.807) is 0 Å². The highest BCUT2D eigenvalue weighted by molar-refractivity contribution is 4.92. The SMILES string of the molecule is O=c1ccn([C@@H]2C[C@H](n3cncn3)[C@@H]([C@H](O)CO)O2)c(=O)[nH]1. The molecule has 0 bridgehead atoms. The number of ether oxygens (including phenoxy) is 1. The maximum absolute atomic E-state index is 11.8. The number of rotatable bonds is 4. The van der Waals surface area contributed by atoms with Crippen molar-refractivity contribution in [1.82, 2.24) is 24.3 Å². The Labute approximate surface area is 123 Å². The fourth-order valence-corrected chi connectivity index (χ4v) is 2.60. The molecule has 0 radical (unpaired) electrons. The van der Waals surface area contributed by atoms with Crippen LogP contribution in [0.5, 0.6) is 0 Å². The van der Waals surface area contributed by atoms with Gasteiger partial charge in [0.1, 0.15) is 31.1 Å². The third-order valence-electron chi connectivity index (χ3n) is 3.64. The highest BCUT2D eigenvalue weighted by Crippen LogP contribution is 2.37. The second-order valence-electron chi connectivity index (χ2n) is 5.00. The molecule has 118 valence electrons. The predicted octanol–water partition coefficient (Wildman–Crippen LogP) is -1.99. The summed E-state index contributed by atoms with van der Waals surface area (Å²) in [6.45, 7) is -0.483. The van der Waals surface area contributed by atoms with Crippen molar-refractivity contribution < 1.29 is 14.9 Å². The summed E-state index contributed by atoms with van der Waals surface area (Å²) in [5, 5.41) is 23.1. The molecule has 4 atom stereocenters. The third kappa shape index (κ3) is 2.58.